The van der Waals surface area contributed by atoms with Crippen LogP contribution < -0.4 is 16.4 Å². The van der Waals surface area contributed by atoms with Crippen molar-refractivity contribution in [3.63, 3.8) is 0 Å². The Hall–Kier alpha value is -1.88. The number of nitrogens with two attached hydrogens (primary N) is 1. The molecule has 0 aromatic heterocycles. The summed E-state index contributed by atoms with van der Waals surface area (Å²) in [6.07, 6.45) is 0.870. The van der Waals surface area contributed by atoms with Gasteiger partial charge in [0.2, 0.25) is 5.91 Å². The van der Waals surface area contributed by atoms with Gasteiger partial charge in [-0.1, -0.05) is 32.4 Å². The van der Waals surface area contributed by atoms with E-state index in [9.17, 15) is 9.59 Å². The third kappa shape index (κ3) is 4.35. The second-order valence-electron chi connectivity index (χ2n) is 4.91. The van der Waals surface area contributed by atoms with Crippen LogP contribution in [0.25, 0.3) is 0 Å². The van der Waals surface area contributed by atoms with E-state index in [0.717, 1.165) is 12.0 Å². The Bertz CT molecular complexity index is 457. The average molecular weight is 277 g/mol. The number of hydrogen-bond donors (Lipinski definition) is 3. The van der Waals surface area contributed by atoms with E-state index < -0.39 is 6.04 Å². The zero-order chi connectivity index (χ0) is 15.1. The molecular weight excluding hydrogens is 254 g/mol. The van der Waals surface area contributed by atoms with E-state index >= 15 is 0 Å². The van der Waals surface area contributed by atoms with Gasteiger partial charge in [-0.15, -0.1) is 0 Å². The second-order valence-corrected chi connectivity index (χ2v) is 4.91. The molecule has 5 heteroatoms. The Morgan fingerprint density at radius 2 is 1.85 bits per heavy atom. The molecule has 5 nitrogen and oxygen atoms in total. The minimum Gasteiger partial charge on any atom is -0.355 e. The summed E-state index contributed by atoms with van der Waals surface area (Å²) in [4.78, 5) is 23.2. The van der Waals surface area contributed by atoms with Crippen molar-refractivity contribution in [2.24, 2.45) is 11.7 Å². The van der Waals surface area contributed by atoms with E-state index in [1.54, 1.807) is 19.2 Å². The van der Waals surface area contributed by atoms with Gasteiger partial charge in [-0.25, -0.2) is 0 Å². The fourth-order valence-corrected chi connectivity index (χ4v) is 1.74. The number of amides is 2. The van der Waals surface area contributed by atoms with Gasteiger partial charge in [-0.2, -0.15) is 0 Å². The van der Waals surface area contributed by atoms with E-state index in [2.05, 4.69) is 10.6 Å². The largest absolute Gasteiger partial charge is 0.355 e. The zero-order valence-corrected chi connectivity index (χ0v) is 12.3. The molecule has 1 aromatic carbocycles. The highest BCUT2D eigenvalue weighted by Crippen LogP contribution is 2.07. The first-order valence-corrected chi connectivity index (χ1v) is 6.83. The molecule has 20 heavy (non-hydrogen) atoms. The summed E-state index contributed by atoms with van der Waals surface area (Å²) in [7, 11) is 1.59. The van der Waals surface area contributed by atoms with E-state index in [1.165, 1.54) is 0 Å². The number of hydrogen-bond acceptors (Lipinski definition) is 3. The predicted molar refractivity (Wildman–Crippen MR) is 79.1 cm³/mol. The number of carbonyl (C=O) groups is 2. The number of benzene rings is 1. The van der Waals surface area contributed by atoms with Gasteiger partial charge in [-0.3, -0.25) is 9.59 Å². The van der Waals surface area contributed by atoms with Crippen LogP contribution in [0.3, 0.4) is 0 Å². The van der Waals surface area contributed by atoms with Crippen LogP contribution in [0.5, 0.6) is 0 Å². The van der Waals surface area contributed by atoms with Crippen LogP contribution in [0.2, 0.25) is 0 Å². The minimum absolute atomic E-state index is 0.126. The van der Waals surface area contributed by atoms with Crippen LogP contribution in [0.15, 0.2) is 24.3 Å². The lowest BCUT2D eigenvalue weighted by molar-refractivity contribution is -0.123. The molecule has 2 atom stereocenters. The zero-order valence-electron chi connectivity index (χ0n) is 12.3. The van der Waals surface area contributed by atoms with Crippen molar-refractivity contribution in [2.75, 3.05) is 7.05 Å². The smallest absolute Gasteiger partial charge is 0.251 e. The molecule has 110 valence electrons. The van der Waals surface area contributed by atoms with E-state index in [1.807, 2.05) is 26.0 Å². The Morgan fingerprint density at radius 1 is 1.25 bits per heavy atom. The maximum Gasteiger partial charge on any atom is 0.251 e. The highest BCUT2D eigenvalue weighted by Gasteiger charge is 2.18. The number of rotatable bonds is 6. The van der Waals surface area contributed by atoms with E-state index in [4.69, 9.17) is 5.73 Å². The fourth-order valence-electron chi connectivity index (χ4n) is 1.74. The molecule has 0 saturated carbocycles. The highest BCUT2D eigenvalue weighted by atomic mass is 16.2. The molecule has 0 radical (unpaired) electrons. The van der Waals surface area contributed by atoms with Crippen molar-refractivity contribution in [1.82, 2.24) is 10.6 Å². The number of carbonyl (C=O) groups excluding carboxylic acids is 2. The first-order valence-electron chi connectivity index (χ1n) is 6.83. The molecule has 4 N–H and O–H groups in total. The maximum atomic E-state index is 11.8. The summed E-state index contributed by atoms with van der Waals surface area (Å²) in [6, 6.07) is 6.62. The van der Waals surface area contributed by atoms with Crippen LogP contribution in [0, 0.1) is 5.92 Å². The van der Waals surface area contributed by atoms with Crippen molar-refractivity contribution in [1.29, 1.82) is 0 Å². The van der Waals surface area contributed by atoms with Gasteiger partial charge < -0.3 is 16.4 Å². The summed E-state index contributed by atoms with van der Waals surface area (Å²) >= 11 is 0. The van der Waals surface area contributed by atoms with Crippen molar-refractivity contribution in [2.45, 2.75) is 32.9 Å². The summed E-state index contributed by atoms with van der Waals surface area (Å²) in [5, 5.41) is 5.37. The summed E-state index contributed by atoms with van der Waals surface area (Å²) in [5.41, 5.74) is 7.38. The van der Waals surface area contributed by atoms with Gasteiger partial charge in [0.05, 0.1) is 6.04 Å². The van der Waals surface area contributed by atoms with Crippen LogP contribution in [0.4, 0.5) is 0 Å². The van der Waals surface area contributed by atoms with Crippen LogP contribution in [-0.2, 0) is 11.3 Å². The summed E-state index contributed by atoms with van der Waals surface area (Å²) in [5.74, 6) is -0.111. The molecule has 1 rings (SSSR count). The summed E-state index contributed by atoms with van der Waals surface area (Å²) in [6.45, 7) is 4.38. The fraction of sp³-hybridized carbons (Fsp3) is 0.467. The normalized spacial score (nSPS) is 13.4. The van der Waals surface area contributed by atoms with Gasteiger partial charge in [0.25, 0.3) is 5.91 Å². The molecule has 0 aliphatic rings. The Balaban J connectivity index is 2.54. The second kappa shape index (κ2) is 7.65. The maximum absolute atomic E-state index is 11.8. The summed E-state index contributed by atoms with van der Waals surface area (Å²) < 4.78 is 0. The third-order valence-corrected chi connectivity index (χ3v) is 3.47. The lowest BCUT2D eigenvalue weighted by Gasteiger charge is -2.17. The molecule has 0 heterocycles. The highest BCUT2D eigenvalue weighted by molar-refractivity contribution is 5.93. The standard InChI is InChI=1S/C15H23N3O2/c1-4-10(2)13(16)15(20)18-9-11-5-7-12(8-6-11)14(19)17-3/h5-8,10,13H,4,9,16H2,1-3H3,(H,17,19)(H,18,20)/t10?,13-/m0/s1. The molecule has 1 unspecified atom stereocenters. The van der Waals surface area contributed by atoms with E-state index in [0.29, 0.717) is 12.1 Å². The first-order chi connectivity index (χ1) is 9.49. The minimum atomic E-state index is -0.481. The van der Waals surface area contributed by atoms with Crippen LogP contribution >= 0.6 is 0 Å². The Morgan fingerprint density at radius 3 is 2.35 bits per heavy atom. The van der Waals surface area contributed by atoms with Gasteiger partial charge >= 0.3 is 0 Å². The lowest BCUT2D eigenvalue weighted by atomic mass is 9.99. The predicted octanol–water partition coefficient (Wildman–Crippen LogP) is 1.04. The molecule has 0 aliphatic heterocycles. The molecule has 2 amide bonds. The molecule has 1 aromatic rings. The number of nitrogens with one attached hydrogen (secondary N) is 2. The quantitative estimate of drug-likeness (QED) is 0.726. The molecular formula is C15H23N3O2. The molecule has 0 spiro atoms. The average Bonchev–Trinajstić information content (AvgIpc) is 2.50. The van der Waals surface area contributed by atoms with Gasteiger partial charge in [0.15, 0.2) is 0 Å². The molecule has 0 saturated heterocycles. The van der Waals surface area contributed by atoms with Crippen molar-refractivity contribution < 1.29 is 9.59 Å². The van der Waals surface area contributed by atoms with Gasteiger partial charge in [-0.05, 0) is 23.6 Å². The SMILES string of the molecule is CCC(C)[C@H](N)C(=O)NCc1ccc(C(=O)NC)cc1. The van der Waals surface area contributed by atoms with Crippen molar-refractivity contribution in [3.8, 4) is 0 Å². The van der Waals surface area contributed by atoms with E-state index in [-0.39, 0.29) is 17.7 Å². The van der Waals surface area contributed by atoms with Gasteiger partial charge in [0.1, 0.15) is 0 Å². The van der Waals surface area contributed by atoms with Gasteiger partial charge in [0, 0.05) is 19.2 Å². The molecule has 0 fully saturated rings. The molecule has 0 aliphatic carbocycles. The van der Waals surface area contributed by atoms with Crippen LogP contribution in [0.1, 0.15) is 36.2 Å². The topological polar surface area (TPSA) is 84.2 Å². The molecule has 0 bridgehead atoms. The first kappa shape index (κ1) is 16.2. The Kier molecular flexibility index (Phi) is 6.18. The van der Waals surface area contributed by atoms with Crippen molar-refractivity contribution in [3.05, 3.63) is 35.4 Å². The lowest BCUT2D eigenvalue weighted by Crippen LogP contribution is -2.44. The van der Waals surface area contributed by atoms with Crippen molar-refractivity contribution >= 4 is 11.8 Å². The Labute approximate surface area is 119 Å². The third-order valence-electron chi connectivity index (χ3n) is 3.47. The monoisotopic (exact) mass is 277 g/mol. The van der Waals surface area contributed by atoms with Crippen LogP contribution in [-0.4, -0.2) is 24.9 Å².